The van der Waals surface area contributed by atoms with Crippen LogP contribution in [0.1, 0.15) is 6.92 Å². The van der Waals surface area contributed by atoms with Gasteiger partial charge in [0.15, 0.2) is 0 Å². The molecule has 2 aromatic rings. The van der Waals surface area contributed by atoms with Gasteiger partial charge in [0.05, 0.1) is 0 Å². The van der Waals surface area contributed by atoms with Crippen molar-refractivity contribution in [3.05, 3.63) is 60.7 Å². The van der Waals surface area contributed by atoms with E-state index in [1.807, 2.05) is 0 Å². The van der Waals surface area contributed by atoms with Crippen LogP contribution in [0.25, 0.3) is 0 Å². The Morgan fingerprint density at radius 2 is 1.46 bits per heavy atom. The highest BCUT2D eigenvalue weighted by Crippen LogP contribution is 2.14. The Labute approximate surface area is 139 Å². The molecule has 0 aromatic heterocycles. The van der Waals surface area contributed by atoms with Crippen LogP contribution in [0.5, 0.6) is 11.5 Å². The number of terminal acetylenes is 1. The molecule has 2 rings (SSSR count). The summed E-state index contributed by atoms with van der Waals surface area (Å²) in [5.74, 6) is 2.85. The minimum atomic E-state index is -1.10. The predicted molar refractivity (Wildman–Crippen MR) is 86.2 cm³/mol. The van der Waals surface area contributed by atoms with Crippen molar-refractivity contribution in [2.75, 3.05) is 0 Å². The molecule has 0 unspecified atom stereocenters. The Morgan fingerprint density at radius 1 is 0.958 bits per heavy atom. The molecule has 0 aliphatic rings. The SMILES string of the molecule is C#C[C@@H](C)N(OC(=O)Oc1ccccc1)C(=O)Oc1ccccc1. The molecular weight excluding hydrogens is 310 g/mol. The number of hydrogen-bond acceptors (Lipinski definition) is 5. The molecule has 0 heterocycles. The Balaban J connectivity index is 2.04. The molecule has 0 bridgehead atoms. The summed E-state index contributed by atoms with van der Waals surface area (Å²) in [6, 6.07) is 15.8. The minimum absolute atomic E-state index is 0.271. The van der Waals surface area contributed by atoms with Gasteiger partial charge in [-0.25, -0.2) is 9.59 Å². The molecule has 2 aromatic carbocycles. The molecule has 0 aliphatic carbocycles. The summed E-state index contributed by atoms with van der Waals surface area (Å²) in [6.45, 7) is 1.50. The number of rotatable bonds is 3. The highest BCUT2D eigenvalue weighted by atomic mass is 16.8. The van der Waals surface area contributed by atoms with Crippen LogP contribution in [-0.2, 0) is 4.84 Å². The van der Waals surface area contributed by atoms with Gasteiger partial charge in [-0.2, -0.15) is 0 Å². The van der Waals surface area contributed by atoms with Crippen molar-refractivity contribution < 1.29 is 23.9 Å². The Morgan fingerprint density at radius 3 is 1.96 bits per heavy atom. The van der Waals surface area contributed by atoms with E-state index in [0.29, 0.717) is 5.06 Å². The topological polar surface area (TPSA) is 65.1 Å². The zero-order valence-corrected chi connectivity index (χ0v) is 12.9. The lowest BCUT2D eigenvalue weighted by Gasteiger charge is -2.22. The quantitative estimate of drug-likeness (QED) is 0.373. The van der Waals surface area contributed by atoms with Gasteiger partial charge in [0, 0.05) is 0 Å². The smallest absolute Gasteiger partial charge is 0.408 e. The number of ether oxygens (including phenoxy) is 2. The normalized spacial score (nSPS) is 10.8. The first-order valence-corrected chi connectivity index (χ1v) is 7.07. The van der Waals surface area contributed by atoms with Crippen LogP contribution in [0, 0.1) is 12.3 Å². The number of benzene rings is 2. The van der Waals surface area contributed by atoms with E-state index in [1.165, 1.54) is 6.92 Å². The minimum Gasteiger partial charge on any atom is -0.408 e. The van der Waals surface area contributed by atoms with Crippen molar-refractivity contribution in [2.24, 2.45) is 0 Å². The van der Waals surface area contributed by atoms with E-state index >= 15 is 0 Å². The molecule has 6 nitrogen and oxygen atoms in total. The number of amides is 1. The first kappa shape index (κ1) is 16.9. The van der Waals surface area contributed by atoms with Crippen LogP contribution in [0.4, 0.5) is 9.59 Å². The maximum absolute atomic E-state index is 12.2. The van der Waals surface area contributed by atoms with Gasteiger partial charge >= 0.3 is 12.2 Å². The van der Waals surface area contributed by atoms with Gasteiger partial charge in [0.2, 0.25) is 0 Å². The van der Waals surface area contributed by atoms with Gasteiger partial charge < -0.3 is 9.47 Å². The van der Waals surface area contributed by atoms with E-state index in [-0.39, 0.29) is 11.5 Å². The van der Waals surface area contributed by atoms with Gasteiger partial charge in [-0.05, 0) is 31.2 Å². The fourth-order valence-electron chi connectivity index (χ4n) is 1.66. The van der Waals surface area contributed by atoms with Gasteiger partial charge in [-0.1, -0.05) is 42.3 Å². The zero-order chi connectivity index (χ0) is 17.4. The van der Waals surface area contributed by atoms with Crippen molar-refractivity contribution >= 4 is 12.2 Å². The molecule has 0 fully saturated rings. The molecule has 6 heteroatoms. The Kier molecular flexibility index (Phi) is 5.81. The molecule has 24 heavy (non-hydrogen) atoms. The Bertz CT molecular complexity index is 724. The predicted octanol–water partition coefficient (Wildman–Crippen LogP) is 3.64. The van der Waals surface area contributed by atoms with Crippen molar-refractivity contribution in [2.45, 2.75) is 13.0 Å². The van der Waals surface area contributed by atoms with E-state index in [9.17, 15) is 9.59 Å². The lowest BCUT2D eigenvalue weighted by atomic mass is 10.3. The summed E-state index contributed by atoms with van der Waals surface area (Å²) < 4.78 is 10.1. The average Bonchev–Trinajstić information content (AvgIpc) is 2.60. The standard InChI is InChI=1S/C18H15NO5/c1-3-14(2)19(17(20)22-15-10-6-4-7-11-15)24-18(21)23-16-12-8-5-9-13-16/h1,4-14H,2H3/t14-/m1/s1. The van der Waals surface area contributed by atoms with Crippen LogP contribution in [0.3, 0.4) is 0 Å². The number of carbonyl (C=O) groups is 2. The molecule has 0 aliphatic heterocycles. The maximum Gasteiger partial charge on any atom is 0.539 e. The molecule has 0 saturated heterocycles. The van der Waals surface area contributed by atoms with E-state index in [4.69, 9.17) is 20.7 Å². The Hall–Kier alpha value is -3.46. The maximum atomic E-state index is 12.2. The number of nitrogens with zero attached hydrogens (tertiary/aromatic N) is 1. The third kappa shape index (κ3) is 4.78. The number of carbonyl (C=O) groups excluding carboxylic acids is 2. The summed E-state index contributed by atoms with van der Waals surface area (Å²) in [5.41, 5.74) is 0. The second kappa shape index (κ2) is 8.25. The fraction of sp³-hybridized carbons (Fsp3) is 0.111. The number of hydroxylamine groups is 2. The van der Waals surface area contributed by atoms with E-state index in [2.05, 4.69) is 5.92 Å². The van der Waals surface area contributed by atoms with E-state index < -0.39 is 18.3 Å². The summed E-state index contributed by atoms with van der Waals surface area (Å²) in [7, 11) is 0. The third-order valence-electron chi connectivity index (χ3n) is 2.84. The lowest BCUT2D eigenvalue weighted by Crippen LogP contribution is -2.42. The number of hydrogen-bond donors (Lipinski definition) is 0. The molecular formula is C18H15NO5. The largest absolute Gasteiger partial charge is 0.539 e. The lowest BCUT2D eigenvalue weighted by molar-refractivity contribution is -0.100. The molecule has 0 N–H and O–H groups in total. The molecule has 122 valence electrons. The summed E-state index contributed by atoms with van der Waals surface area (Å²) in [5, 5.41) is 0.637. The first-order chi connectivity index (χ1) is 11.6. The van der Waals surface area contributed by atoms with Crippen molar-refractivity contribution in [3.63, 3.8) is 0 Å². The van der Waals surface area contributed by atoms with E-state index in [1.54, 1.807) is 60.7 Å². The molecule has 0 radical (unpaired) electrons. The van der Waals surface area contributed by atoms with Gasteiger partial charge in [-0.15, -0.1) is 11.5 Å². The monoisotopic (exact) mass is 325 g/mol. The van der Waals surface area contributed by atoms with Gasteiger partial charge in [0.1, 0.15) is 17.5 Å². The van der Waals surface area contributed by atoms with Crippen molar-refractivity contribution in [1.29, 1.82) is 0 Å². The van der Waals surface area contributed by atoms with Crippen LogP contribution in [-0.4, -0.2) is 23.4 Å². The fourth-order valence-corrected chi connectivity index (χ4v) is 1.66. The molecule has 1 atom stereocenters. The third-order valence-corrected chi connectivity index (χ3v) is 2.84. The summed E-state index contributed by atoms with van der Waals surface area (Å²) >= 11 is 0. The van der Waals surface area contributed by atoms with Crippen LogP contribution in [0.2, 0.25) is 0 Å². The summed E-state index contributed by atoms with van der Waals surface area (Å²) in [6.07, 6.45) is 3.26. The summed E-state index contributed by atoms with van der Waals surface area (Å²) in [4.78, 5) is 28.9. The van der Waals surface area contributed by atoms with Crippen LogP contribution in [0.15, 0.2) is 60.7 Å². The van der Waals surface area contributed by atoms with Crippen molar-refractivity contribution in [3.8, 4) is 23.8 Å². The van der Waals surface area contributed by atoms with E-state index in [0.717, 1.165) is 0 Å². The number of para-hydroxylation sites is 2. The van der Waals surface area contributed by atoms with Crippen molar-refractivity contribution in [1.82, 2.24) is 5.06 Å². The highest BCUT2D eigenvalue weighted by Gasteiger charge is 2.26. The average molecular weight is 325 g/mol. The molecule has 0 saturated carbocycles. The first-order valence-electron chi connectivity index (χ1n) is 7.07. The van der Waals surface area contributed by atoms with Crippen LogP contribution >= 0.6 is 0 Å². The molecule has 1 amide bonds. The van der Waals surface area contributed by atoms with Gasteiger partial charge in [-0.3, -0.25) is 4.84 Å². The zero-order valence-electron chi connectivity index (χ0n) is 12.9. The van der Waals surface area contributed by atoms with Crippen LogP contribution < -0.4 is 9.47 Å². The second-order valence-corrected chi connectivity index (χ2v) is 4.61. The highest BCUT2D eigenvalue weighted by molar-refractivity contribution is 5.73. The second-order valence-electron chi connectivity index (χ2n) is 4.61. The molecule has 0 spiro atoms. The van der Waals surface area contributed by atoms with Gasteiger partial charge in [0.25, 0.3) is 0 Å².